The van der Waals surface area contributed by atoms with Gasteiger partial charge in [0.15, 0.2) is 5.82 Å². The van der Waals surface area contributed by atoms with Crippen molar-refractivity contribution in [1.82, 2.24) is 29.8 Å². The molecule has 4 heterocycles. The molecule has 1 N–H and O–H groups in total. The van der Waals surface area contributed by atoms with Crippen LogP contribution in [0.15, 0.2) is 43.0 Å². The van der Waals surface area contributed by atoms with E-state index in [4.69, 9.17) is 4.98 Å². The van der Waals surface area contributed by atoms with Crippen LogP contribution in [0.1, 0.15) is 42.4 Å². The first-order valence-electron chi connectivity index (χ1n) is 8.78. The number of hydrogen-bond acceptors (Lipinski definition) is 5. The van der Waals surface area contributed by atoms with Crippen LogP contribution in [-0.2, 0) is 6.54 Å². The molecule has 4 rings (SSSR count). The lowest BCUT2D eigenvalue weighted by atomic mass is 9.98. The summed E-state index contributed by atoms with van der Waals surface area (Å²) in [6.45, 7) is 3.93. The van der Waals surface area contributed by atoms with Crippen molar-refractivity contribution < 1.29 is 0 Å². The van der Waals surface area contributed by atoms with E-state index in [-0.39, 0.29) is 0 Å². The highest BCUT2D eigenvalue weighted by molar-refractivity contribution is 5.49. The average molecular weight is 334 g/mol. The zero-order valence-corrected chi connectivity index (χ0v) is 14.4. The predicted molar refractivity (Wildman–Crippen MR) is 95.6 cm³/mol. The van der Waals surface area contributed by atoms with Crippen molar-refractivity contribution in [1.29, 1.82) is 0 Å². The molecule has 0 spiro atoms. The van der Waals surface area contributed by atoms with Crippen LogP contribution in [0.3, 0.4) is 0 Å². The third-order valence-corrected chi connectivity index (χ3v) is 4.66. The second kappa shape index (κ2) is 7.11. The molecule has 0 aliphatic carbocycles. The molecule has 1 aliphatic rings. The first-order chi connectivity index (χ1) is 12.3. The number of piperidine rings is 1. The van der Waals surface area contributed by atoms with Gasteiger partial charge in [-0.3, -0.25) is 9.88 Å². The fourth-order valence-electron chi connectivity index (χ4n) is 3.53. The molecule has 0 bridgehead atoms. The molecule has 3 aromatic rings. The van der Waals surface area contributed by atoms with Crippen LogP contribution >= 0.6 is 0 Å². The van der Waals surface area contributed by atoms with E-state index in [0.29, 0.717) is 6.04 Å². The van der Waals surface area contributed by atoms with Gasteiger partial charge >= 0.3 is 0 Å². The van der Waals surface area contributed by atoms with Crippen LogP contribution < -0.4 is 0 Å². The molecule has 1 atom stereocenters. The lowest BCUT2D eigenvalue weighted by Crippen LogP contribution is -2.33. The summed E-state index contributed by atoms with van der Waals surface area (Å²) in [5.41, 5.74) is 3.19. The number of rotatable bonds is 4. The Hall–Kier alpha value is -2.60. The van der Waals surface area contributed by atoms with Crippen molar-refractivity contribution in [2.24, 2.45) is 0 Å². The van der Waals surface area contributed by atoms with Gasteiger partial charge in [-0.05, 0) is 44.0 Å². The van der Waals surface area contributed by atoms with Crippen LogP contribution in [0.4, 0.5) is 0 Å². The van der Waals surface area contributed by atoms with E-state index in [1.54, 1.807) is 6.20 Å². The molecule has 0 aromatic carbocycles. The number of likely N-dealkylation sites (tertiary alicyclic amines) is 1. The van der Waals surface area contributed by atoms with Crippen molar-refractivity contribution in [3.05, 3.63) is 60.1 Å². The molecule has 6 heteroatoms. The van der Waals surface area contributed by atoms with Gasteiger partial charge in [-0.2, -0.15) is 0 Å². The predicted octanol–water partition coefficient (Wildman–Crippen LogP) is 3.30. The monoisotopic (exact) mass is 334 g/mol. The van der Waals surface area contributed by atoms with Crippen molar-refractivity contribution in [3.63, 3.8) is 0 Å². The first-order valence-corrected chi connectivity index (χ1v) is 8.78. The summed E-state index contributed by atoms with van der Waals surface area (Å²) >= 11 is 0. The summed E-state index contributed by atoms with van der Waals surface area (Å²) in [4.78, 5) is 23.5. The summed E-state index contributed by atoms with van der Waals surface area (Å²) in [5.74, 6) is 1.58. The van der Waals surface area contributed by atoms with Crippen molar-refractivity contribution >= 4 is 0 Å². The van der Waals surface area contributed by atoms with Crippen molar-refractivity contribution in [2.45, 2.75) is 38.8 Å². The van der Waals surface area contributed by atoms with Gasteiger partial charge in [0.25, 0.3) is 0 Å². The fourth-order valence-corrected chi connectivity index (χ4v) is 3.53. The molecular formula is C19H22N6. The molecule has 25 heavy (non-hydrogen) atoms. The standard InChI is InChI=1S/C19H22N6/c1-14-23-16(11-17(24-14)19-21-8-9-22-19)18-6-2-3-10-25(18)13-15-5-4-7-20-12-15/h4-5,7-9,11-12,18H,2-3,6,10,13H2,1H3,(H,21,22)/t18-/m0/s1. The number of aromatic nitrogens is 5. The molecule has 0 amide bonds. The Balaban J connectivity index is 1.64. The van der Waals surface area contributed by atoms with Gasteiger partial charge < -0.3 is 4.98 Å². The minimum atomic E-state index is 0.310. The molecule has 1 saturated heterocycles. The summed E-state index contributed by atoms with van der Waals surface area (Å²) in [5, 5.41) is 0. The van der Waals surface area contributed by atoms with Gasteiger partial charge in [-0.1, -0.05) is 12.5 Å². The molecule has 0 radical (unpaired) electrons. The topological polar surface area (TPSA) is 70.6 Å². The molecule has 1 fully saturated rings. The Labute approximate surface area is 147 Å². The zero-order valence-electron chi connectivity index (χ0n) is 14.4. The Kier molecular flexibility index (Phi) is 4.52. The largest absolute Gasteiger partial charge is 0.343 e. The third-order valence-electron chi connectivity index (χ3n) is 4.66. The maximum Gasteiger partial charge on any atom is 0.156 e. The second-order valence-electron chi connectivity index (χ2n) is 6.51. The first kappa shape index (κ1) is 15.9. The lowest BCUT2D eigenvalue weighted by molar-refractivity contribution is 0.137. The van der Waals surface area contributed by atoms with E-state index in [2.05, 4.69) is 37.0 Å². The van der Waals surface area contributed by atoms with E-state index in [1.165, 1.54) is 18.4 Å². The Morgan fingerprint density at radius 2 is 2.20 bits per heavy atom. The molecule has 3 aromatic heterocycles. The summed E-state index contributed by atoms with van der Waals surface area (Å²) in [7, 11) is 0. The van der Waals surface area contributed by atoms with Crippen LogP contribution in [-0.4, -0.2) is 36.4 Å². The zero-order chi connectivity index (χ0) is 17.1. The van der Waals surface area contributed by atoms with Gasteiger partial charge in [0, 0.05) is 31.3 Å². The molecule has 1 aliphatic heterocycles. The van der Waals surface area contributed by atoms with Gasteiger partial charge in [-0.15, -0.1) is 0 Å². The molecule has 0 unspecified atom stereocenters. The number of nitrogens with zero attached hydrogens (tertiary/aromatic N) is 5. The molecular weight excluding hydrogens is 312 g/mol. The van der Waals surface area contributed by atoms with Crippen molar-refractivity contribution in [2.75, 3.05) is 6.54 Å². The average Bonchev–Trinajstić information content (AvgIpc) is 3.17. The normalized spacial score (nSPS) is 18.4. The van der Waals surface area contributed by atoms with E-state index >= 15 is 0 Å². The minimum absolute atomic E-state index is 0.310. The van der Waals surface area contributed by atoms with E-state index in [9.17, 15) is 0 Å². The summed E-state index contributed by atoms with van der Waals surface area (Å²) < 4.78 is 0. The second-order valence-corrected chi connectivity index (χ2v) is 6.51. The third kappa shape index (κ3) is 3.58. The van der Waals surface area contributed by atoms with E-state index < -0.39 is 0 Å². The summed E-state index contributed by atoms with van der Waals surface area (Å²) in [6, 6.07) is 6.53. The van der Waals surface area contributed by atoms with Gasteiger partial charge in [0.2, 0.25) is 0 Å². The van der Waals surface area contributed by atoms with Crippen molar-refractivity contribution in [3.8, 4) is 11.5 Å². The Bertz CT molecular complexity index is 815. The van der Waals surface area contributed by atoms with Gasteiger partial charge in [0.05, 0.1) is 11.7 Å². The SMILES string of the molecule is Cc1nc(-c2ncc[nH]2)cc([C@@H]2CCCCN2Cc2cccnc2)n1. The Morgan fingerprint density at radius 3 is 3.00 bits per heavy atom. The highest BCUT2D eigenvalue weighted by Crippen LogP contribution is 2.32. The fraction of sp³-hybridized carbons (Fsp3) is 0.368. The highest BCUT2D eigenvalue weighted by atomic mass is 15.2. The highest BCUT2D eigenvalue weighted by Gasteiger charge is 2.26. The van der Waals surface area contributed by atoms with Gasteiger partial charge in [-0.25, -0.2) is 15.0 Å². The number of nitrogens with one attached hydrogen (secondary N) is 1. The number of hydrogen-bond donors (Lipinski definition) is 1. The van der Waals surface area contributed by atoms with Crippen LogP contribution in [0, 0.1) is 6.92 Å². The van der Waals surface area contributed by atoms with Crippen LogP contribution in [0.25, 0.3) is 11.5 Å². The minimum Gasteiger partial charge on any atom is -0.343 e. The Morgan fingerprint density at radius 1 is 1.24 bits per heavy atom. The maximum absolute atomic E-state index is 4.75. The van der Waals surface area contributed by atoms with Gasteiger partial charge in [0.1, 0.15) is 11.5 Å². The van der Waals surface area contributed by atoms with Crippen LogP contribution in [0.5, 0.6) is 0 Å². The van der Waals surface area contributed by atoms with Crippen LogP contribution in [0.2, 0.25) is 0 Å². The number of aromatic amines is 1. The quantitative estimate of drug-likeness (QED) is 0.793. The smallest absolute Gasteiger partial charge is 0.156 e. The molecule has 128 valence electrons. The number of aryl methyl sites for hydroxylation is 1. The number of pyridine rings is 1. The maximum atomic E-state index is 4.75. The van der Waals surface area contributed by atoms with E-state index in [0.717, 1.165) is 42.5 Å². The lowest BCUT2D eigenvalue weighted by Gasteiger charge is -2.35. The summed E-state index contributed by atoms with van der Waals surface area (Å²) in [6.07, 6.45) is 10.9. The molecule has 0 saturated carbocycles. The van der Waals surface area contributed by atoms with E-state index in [1.807, 2.05) is 31.6 Å². The molecule has 6 nitrogen and oxygen atoms in total. The number of imidazole rings is 1. The number of H-pyrrole nitrogens is 1.